The smallest absolute Gasteiger partial charge is 0.155 e. The lowest BCUT2D eigenvalue weighted by molar-refractivity contribution is -0.117. The van der Waals surface area contributed by atoms with Crippen LogP contribution in [0.5, 0.6) is 5.75 Å². The third-order valence-electron chi connectivity index (χ3n) is 4.73. The van der Waals surface area contributed by atoms with Gasteiger partial charge in [0.15, 0.2) is 5.78 Å². The highest BCUT2D eigenvalue weighted by Gasteiger charge is 2.48. The number of carbonyl (C=O) groups is 1. The van der Waals surface area contributed by atoms with E-state index in [1.54, 1.807) is 13.2 Å². The second-order valence-corrected chi connectivity index (χ2v) is 5.97. The normalized spacial score (nSPS) is 31.0. The topological polar surface area (TPSA) is 35.5 Å². The standard InChI is InChI=1S/C18H20O3/c1-12(13-4-6-15(20-3)7-5-13)16-11-21-18(2)9-8-14(19)10-17(16)18/h4-9,16-17H,1,10-11H2,2-3H3. The molecule has 2 aliphatic rings. The molecule has 0 spiro atoms. The predicted molar refractivity (Wildman–Crippen MR) is 82.1 cm³/mol. The van der Waals surface area contributed by atoms with Crippen LogP contribution in [0.15, 0.2) is 43.0 Å². The maximum Gasteiger partial charge on any atom is 0.155 e. The predicted octanol–water partition coefficient (Wildman–Crippen LogP) is 3.26. The van der Waals surface area contributed by atoms with Crippen molar-refractivity contribution >= 4 is 11.4 Å². The fourth-order valence-corrected chi connectivity index (χ4v) is 3.31. The molecule has 0 radical (unpaired) electrons. The first-order chi connectivity index (χ1) is 10.0. The molecule has 110 valence electrons. The van der Waals surface area contributed by atoms with E-state index in [9.17, 15) is 4.79 Å². The molecule has 3 unspecified atom stereocenters. The number of fused-ring (bicyclic) bond motifs is 1. The Morgan fingerprint density at radius 1 is 1.38 bits per heavy atom. The molecular formula is C18H20O3. The lowest BCUT2D eigenvalue weighted by atomic mass is 9.72. The number of ketones is 1. The van der Waals surface area contributed by atoms with E-state index in [0.717, 1.165) is 16.9 Å². The minimum atomic E-state index is -0.339. The van der Waals surface area contributed by atoms with Gasteiger partial charge in [-0.05, 0) is 42.3 Å². The fourth-order valence-electron chi connectivity index (χ4n) is 3.31. The Balaban J connectivity index is 1.85. The van der Waals surface area contributed by atoms with Crippen molar-refractivity contribution < 1.29 is 14.3 Å². The number of hydrogen-bond acceptors (Lipinski definition) is 3. The molecule has 3 atom stereocenters. The first kappa shape index (κ1) is 14.1. The zero-order chi connectivity index (χ0) is 15.0. The average Bonchev–Trinajstić information content (AvgIpc) is 2.84. The molecular weight excluding hydrogens is 264 g/mol. The van der Waals surface area contributed by atoms with Gasteiger partial charge in [-0.3, -0.25) is 4.79 Å². The Bertz CT molecular complexity index is 599. The summed E-state index contributed by atoms with van der Waals surface area (Å²) < 4.78 is 11.2. The molecule has 1 aliphatic carbocycles. The van der Waals surface area contributed by atoms with Crippen molar-refractivity contribution in [1.29, 1.82) is 0 Å². The fraction of sp³-hybridized carbons (Fsp3) is 0.389. The third-order valence-corrected chi connectivity index (χ3v) is 4.73. The number of methoxy groups -OCH3 is 1. The van der Waals surface area contributed by atoms with Crippen LogP contribution in [0.1, 0.15) is 18.9 Å². The maximum absolute atomic E-state index is 11.7. The minimum absolute atomic E-state index is 0.171. The molecule has 0 aromatic heterocycles. The van der Waals surface area contributed by atoms with E-state index in [0.29, 0.717) is 13.0 Å². The molecule has 3 rings (SSSR count). The van der Waals surface area contributed by atoms with Crippen molar-refractivity contribution in [3.63, 3.8) is 0 Å². The summed E-state index contributed by atoms with van der Waals surface area (Å²) in [6, 6.07) is 7.89. The van der Waals surface area contributed by atoms with Crippen LogP contribution < -0.4 is 4.74 Å². The highest BCUT2D eigenvalue weighted by Crippen LogP contribution is 2.46. The molecule has 1 aliphatic heterocycles. The second kappa shape index (κ2) is 5.15. The molecule has 0 N–H and O–H groups in total. The SMILES string of the molecule is C=C(c1ccc(OC)cc1)C1COC2(C)C=CC(=O)CC12. The highest BCUT2D eigenvalue weighted by molar-refractivity contribution is 5.91. The summed E-state index contributed by atoms with van der Waals surface area (Å²) in [5, 5.41) is 0. The summed E-state index contributed by atoms with van der Waals surface area (Å²) in [7, 11) is 1.65. The molecule has 0 saturated carbocycles. The Morgan fingerprint density at radius 2 is 2.10 bits per heavy atom. The molecule has 1 aromatic rings. The van der Waals surface area contributed by atoms with E-state index < -0.39 is 0 Å². The monoisotopic (exact) mass is 284 g/mol. The lowest BCUT2D eigenvalue weighted by Gasteiger charge is -2.32. The van der Waals surface area contributed by atoms with Gasteiger partial charge in [-0.2, -0.15) is 0 Å². The molecule has 21 heavy (non-hydrogen) atoms. The van der Waals surface area contributed by atoms with Gasteiger partial charge < -0.3 is 9.47 Å². The number of benzene rings is 1. The first-order valence-electron chi connectivity index (χ1n) is 7.23. The molecule has 3 nitrogen and oxygen atoms in total. The molecule has 0 bridgehead atoms. The van der Waals surface area contributed by atoms with Gasteiger partial charge in [-0.15, -0.1) is 0 Å². The van der Waals surface area contributed by atoms with E-state index in [1.165, 1.54) is 0 Å². The number of rotatable bonds is 3. The Morgan fingerprint density at radius 3 is 2.76 bits per heavy atom. The zero-order valence-electron chi connectivity index (χ0n) is 12.5. The molecule has 1 fully saturated rings. The van der Waals surface area contributed by atoms with E-state index in [-0.39, 0.29) is 23.2 Å². The summed E-state index contributed by atoms with van der Waals surface area (Å²) in [5.41, 5.74) is 1.78. The maximum atomic E-state index is 11.7. The summed E-state index contributed by atoms with van der Waals surface area (Å²) in [6.07, 6.45) is 4.09. The largest absolute Gasteiger partial charge is 0.497 e. The first-order valence-corrected chi connectivity index (χ1v) is 7.23. The number of carbonyl (C=O) groups excluding carboxylic acids is 1. The average molecular weight is 284 g/mol. The molecule has 1 aromatic carbocycles. The van der Waals surface area contributed by atoms with Crippen LogP contribution in [0.25, 0.3) is 5.57 Å². The van der Waals surface area contributed by atoms with Crippen LogP contribution in [0, 0.1) is 11.8 Å². The van der Waals surface area contributed by atoms with Crippen molar-refractivity contribution in [3.05, 3.63) is 48.6 Å². The number of hydrogen-bond donors (Lipinski definition) is 0. The van der Waals surface area contributed by atoms with Gasteiger partial charge in [0.1, 0.15) is 5.75 Å². The zero-order valence-corrected chi connectivity index (χ0v) is 12.5. The van der Waals surface area contributed by atoms with Crippen LogP contribution in [-0.2, 0) is 9.53 Å². The van der Waals surface area contributed by atoms with E-state index >= 15 is 0 Å². The van der Waals surface area contributed by atoms with E-state index in [1.807, 2.05) is 30.3 Å². The summed E-state index contributed by atoms with van der Waals surface area (Å²) in [6.45, 7) is 6.93. The Labute approximate surface area is 125 Å². The Kier molecular flexibility index (Phi) is 3.46. The lowest BCUT2D eigenvalue weighted by Crippen LogP contribution is -2.36. The van der Waals surface area contributed by atoms with Gasteiger partial charge in [0.05, 0.1) is 19.3 Å². The number of allylic oxidation sites excluding steroid dienone is 1. The van der Waals surface area contributed by atoms with Crippen molar-refractivity contribution in [3.8, 4) is 5.75 Å². The molecule has 1 saturated heterocycles. The molecule has 0 amide bonds. The van der Waals surface area contributed by atoms with Crippen molar-refractivity contribution in [1.82, 2.24) is 0 Å². The van der Waals surface area contributed by atoms with Gasteiger partial charge in [-0.1, -0.05) is 18.7 Å². The van der Waals surface area contributed by atoms with E-state index in [2.05, 4.69) is 13.5 Å². The van der Waals surface area contributed by atoms with Gasteiger partial charge in [0, 0.05) is 18.3 Å². The van der Waals surface area contributed by atoms with Crippen molar-refractivity contribution in [2.24, 2.45) is 11.8 Å². The second-order valence-electron chi connectivity index (χ2n) is 5.97. The third kappa shape index (κ3) is 2.42. The van der Waals surface area contributed by atoms with Gasteiger partial charge in [0.2, 0.25) is 0 Å². The van der Waals surface area contributed by atoms with Gasteiger partial charge in [0.25, 0.3) is 0 Å². The summed E-state index contributed by atoms with van der Waals surface area (Å²) in [4.78, 5) is 11.7. The van der Waals surface area contributed by atoms with Crippen molar-refractivity contribution in [2.75, 3.05) is 13.7 Å². The number of ether oxygens (including phenoxy) is 2. The van der Waals surface area contributed by atoms with Crippen LogP contribution in [-0.4, -0.2) is 25.1 Å². The van der Waals surface area contributed by atoms with E-state index in [4.69, 9.17) is 9.47 Å². The van der Waals surface area contributed by atoms with Crippen LogP contribution in [0.3, 0.4) is 0 Å². The Hall–Kier alpha value is -1.87. The molecule has 3 heteroatoms. The van der Waals surface area contributed by atoms with Crippen molar-refractivity contribution in [2.45, 2.75) is 18.9 Å². The summed E-state index contributed by atoms with van der Waals surface area (Å²) >= 11 is 0. The minimum Gasteiger partial charge on any atom is -0.497 e. The molecule has 1 heterocycles. The highest BCUT2D eigenvalue weighted by atomic mass is 16.5. The van der Waals surface area contributed by atoms with Gasteiger partial charge >= 0.3 is 0 Å². The van der Waals surface area contributed by atoms with Crippen LogP contribution in [0.4, 0.5) is 0 Å². The van der Waals surface area contributed by atoms with Gasteiger partial charge in [-0.25, -0.2) is 0 Å². The van der Waals surface area contributed by atoms with Crippen LogP contribution >= 0.6 is 0 Å². The van der Waals surface area contributed by atoms with Crippen LogP contribution in [0.2, 0.25) is 0 Å². The quantitative estimate of drug-likeness (QED) is 0.854. The summed E-state index contributed by atoms with van der Waals surface area (Å²) in [5.74, 6) is 1.35.